The number of alkyl halides is 3. The lowest BCUT2D eigenvalue weighted by Crippen LogP contribution is -2.41. The van der Waals surface area contributed by atoms with Crippen LogP contribution in [0.1, 0.15) is 42.5 Å². The molecule has 2 heterocycles. The normalized spacial score (nSPS) is 22.5. The summed E-state index contributed by atoms with van der Waals surface area (Å²) in [6, 6.07) is 3.88. The van der Waals surface area contributed by atoms with Crippen molar-refractivity contribution in [2.75, 3.05) is 0 Å². The van der Waals surface area contributed by atoms with E-state index in [-0.39, 0.29) is 17.3 Å². The average Bonchev–Trinajstić information content (AvgIpc) is 2.87. The van der Waals surface area contributed by atoms with Gasteiger partial charge in [0.25, 0.3) is 0 Å². The number of fused-ring (bicyclic) bond motifs is 1. The van der Waals surface area contributed by atoms with Gasteiger partial charge >= 0.3 is 6.18 Å². The van der Waals surface area contributed by atoms with Gasteiger partial charge in [0.2, 0.25) is 0 Å². The molecule has 1 saturated carbocycles. The van der Waals surface area contributed by atoms with E-state index in [9.17, 15) is 23.4 Å². The van der Waals surface area contributed by atoms with Gasteiger partial charge in [-0.2, -0.15) is 13.2 Å². The maximum absolute atomic E-state index is 13.5. The summed E-state index contributed by atoms with van der Waals surface area (Å²) in [4.78, 5) is 0. The number of hydrogen-bond donors (Lipinski definition) is 2. The third-order valence-electron chi connectivity index (χ3n) is 5.34. The van der Waals surface area contributed by atoms with Crippen LogP contribution in [0.5, 0.6) is 5.75 Å². The van der Waals surface area contributed by atoms with Crippen LogP contribution < -0.4 is 0 Å². The molecule has 0 atom stereocenters. The summed E-state index contributed by atoms with van der Waals surface area (Å²) in [6.07, 6.45) is -1.59. The molecule has 2 N–H and O–H groups in total. The number of phenols is 1. The second kappa shape index (κ2) is 5.94. The summed E-state index contributed by atoms with van der Waals surface area (Å²) < 4.78 is 42.5. The summed E-state index contributed by atoms with van der Waals surface area (Å²) in [5.41, 5.74) is -0.338. The minimum Gasteiger partial charge on any atom is -0.507 e. The summed E-state index contributed by atoms with van der Waals surface area (Å²) >= 11 is 0. The Morgan fingerprint density at radius 1 is 1.14 bits per heavy atom. The quantitative estimate of drug-likeness (QED) is 0.674. The van der Waals surface area contributed by atoms with Crippen LogP contribution >= 0.6 is 0 Å². The zero-order valence-electron chi connectivity index (χ0n) is 15.7. The van der Waals surface area contributed by atoms with Crippen LogP contribution in [0.4, 0.5) is 13.2 Å². The molecule has 0 amide bonds. The number of phenolic OH excluding ortho intramolecular Hbond substituents is 1. The second-order valence-corrected chi connectivity index (χ2v) is 7.95. The number of aromatic nitrogens is 3. The number of aryl methyl sites for hydroxylation is 2. The lowest BCUT2D eigenvalue weighted by molar-refractivity contribution is -0.137. The highest BCUT2D eigenvalue weighted by molar-refractivity contribution is 5.85. The van der Waals surface area contributed by atoms with Gasteiger partial charge in [0.05, 0.1) is 22.4 Å². The monoisotopic (exact) mass is 391 g/mol. The Kier molecular flexibility index (Phi) is 3.98. The fraction of sp³-hybridized carbons (Fsp3) is 0.400. The maximum atomic E-state index is 13.5. The first-order valence-electron chi connectivity index (χ1n) is 8.95. The highest BCUT2D eigenvalue weighted by Gasteiger charge is 2.40. The van der Waals surface area contributed by atoms with E-state index >= 15 is 0 Å². The van der Waals surface area contributed by atoms with Gasteiger partial charge in [-0.05, 0) is 62.9 Å². The van der Waals surface area contributed by atoms with Crippen molar-refractivity contribution in [2.24, 2.45) is 0 Å². The van der Waals surface area contributed by atoms with Crippen molar-refractivity contribution in [3.8, 4) is 17.0 Å². The molecule has 0 saturated heterocycles. The SMILES string of the molecule is Cc1cc(O)c(-c2cc3c(C)cn(C4CC(C)(O)C4)c3nn2)c(C(F)(F)F)c1. The number of nitrogens with zero attached hydrogens (tertiary/aromatic N) is 3. The lowest BCUT2D eigenvalue weighted by atomic mass is 9.77. The van der Waals surface area contributed by atoms with Crippen LogP contribution in [-0.2, 0) is 6.18 Å². The van der Waals surface area contributed by atoms with E-state index in [0.717, 1.165) is 11.6 Å². The van der Waals surface area contributed by atoms with Crippen molar-refractivity contribution >= 4 is 11.0 Å². The van der Waals surface area contributed by atoms with Crippen LogP contribution in [0, 0.1) is 13.8 Å². The Hall–Kier alpha value is -2.61. The number of halogens is 3. The molecule has 0 spiro atoms. The van der Waals surface area contributed by atoms with Gasteiger partial charge in [-0.3, -0.25) is 0 Å². The van der Waals surface area contributed by atoms with E-state index in [1.165, 1.54) is 19.1 Å². The first kappa shape index (κ1) is 18.7. The summed E-state index contributed by atoms with van der Waals surface area (Å²) in [5.74, 6) is -0.479. The van der Waals surface area contributed by atoms with Crippen molar-refractivity contribution in [3.05, 3.63) is 41.1 Å². The fourth-order valence-corrected chi connectivity index (χ4v) is 4.02. The number of aromatic hydroxyl groups is 1. The molecule has 28 heavy (non-hydrogen) atoms. The van der Waals surface area contributed by atoms with Crippen LogP contribution in [0.25, 0.3) is 22.3 Å². The van der Waals surface area contributed by atoms with Gasteiger partial charge in [-0.25, -0.2) is 0 Å². The third-order valence-corrected chi connectivity index (χ3v) is 5.34. The minimum atomic E-state index is -4.63. The summed E-state index contributed by atoms with van der Waals surface area (Å²) in [5, 5.41) is 29.1. The minimum absolute atomic E-state index is 0.0289. The molecule has 148 valence electrons. The average molecular weight is 391 g/mol. The smallest absolute Gasteiger partial charge is 0.417 e. The number of hydrogen-bond acceptors (Lipinski definition) is 4. The number of benzene rings is 1. The second-order valence-electron chi connectivity index (χ2n) is 7.95. The third kappa shape index (κ3) is 3.01. The highest BCUT2D eigenvalue weighted by atomic mass is 19.4. The zero-order chi connectivity index (χ0) is 20.4. The largest absolute Gasteiger partial charge is 0.507 e. The van der Waals surface area contributed by atoms with E-state index in [4.69, 9.17) is 0 Å². The molecule has 1 aliphatic carbocycles. The van der Waals surface area contributed by atoms with Crippen molar-refractivity contribution < 1.29 is 23.4 Å². The molecule has 5 nitrogen and oxygen atoms in total. The van der Waals surface area contributed by atoms with Crippen LogP contribution in [0.2, 0.25) is 0 Å². The van der Waals surface area contributed by atoms with E-state index in [1.807, 2.05) is 17.7 Å². The molecular weight excluding hydrogens is 371 g/mol. The van der Waals surface area contributed by atoms with E-state index in [2.05, 4.69) is 10.2 Å². The van der Waals surface area contributed by atoms with E-state index < -0.39 is 23.1 Å². The Labute approximate surface area is 159 Å². The lowest BCUT2D eigenvalue weighted by Gasteiger charge is -2.41. The van der Waals surface area contributed by atoms with Crippen LogP contribution in [0.3, 0.4) is 0 Å². The van der Waals surface area contributed by atoms with E-state index in [1.54, 1.807) is 6.92 Å². The topological polar surface area (TPSA) is 71.2 Å². The van der Waals surface area contributed by atoms with E-state index in [0.29, 0.717) is 29.4 Å². The maximum Gasteiger partial charge on any atom is 0.417 e. The van der Waals surface area contributed by atoms with Gasteiger partial charge in [0.1, 0.15) is 5.75 Å². The predicted molar refractivity (Wildman–Crippen MR) is 98.0 cm³/mol. The van der Waals surface area contributed by atoms with Crippen molar-refractivity contribution in [1.29, 1.82) is 0 Å². The van der Waals surface area contributed by atoms with Gasteiger partial charge in [-0.1, -0.05) is 0 Å². The molecule has 1 fully saturated rings. The predicted octanol–water partition coefficient (Wildman–Crippen LogP) is 4.53. The van der Waals surface area contributed by atoms with Gasteiger partial charge < -0.3 is 14.8 Å². The molecule has 0 bridgehead atoms. The Balaban J connectivity index is 1.85. The Bertz CT molecular complexity index is 1080. The summed E-state index contributed by atoms with van der Waals surface area (Å²) in [6.45, 7) is 5.11. The molecular formula is C20H20F3N3O2. The van der Waals surface area contributed by atoms with Crippen molar-refractivity contribution in [3.63, 3.8) is 0 Å². The Morgan fingerprint density at radius 2 is 1.82 bits per heavy atom. The molecule has 8 heteroatoms. The van der Waals surface area contributed by atoms with Crippen LogP contribution in [-0.4, -0.2) is 30.6 Å². The zero-order valence-corrected chi connectivity index (χ0v) is 15.7. The molecule has 3 aromatic rings. The molecule has 0 unspecified atom stereocenters. The first-order valence-corrected chi connectivity index (χ1v) is 8.95. The van der Waals surface area contributed by atoms with Crippen molar-refractivity contribution in [1.82, 2.24) is 14.8 Å². The molecule has 0 radical (unpaired) electrons. The molecule has 1 aromatic carbocycles. The molecule has 4 rings (SSSR count). The van der Waals surface area contributed by atoms with Gasteiger partial charge in [0.15, 0.2) is 5.65 Å². The number of aliphatic hydroxyl groups is 1. The van der Waals surface area contributed by atoms with Crippen LogP contribution in [0.15, 0.2) is 24.4 Å². The number of rotatable bonds is 2. The molecule has 1 aliphatic rings. The summed E-state index contributed by atoms with van der Waals surface area (Å²) in [7, 11) is 0. The molecule has 2 aromatic heterocycles. The molecule has 0 aliphatic heterocycles. The van der Waals surface area contributed by atoms with Gasteiger partial charge in [-0.15, -0.1) is 10.2 Å². The van der Waals surface area contributed by atoms with Gasteiger partial charge in [0, 0.05) is 17.6 Å². The standard InChI is InChI=1S/C20H20F3N3O2/c1-10-4-14(20(21,22)23)17(16(27)5-10)15-6-13-11(2)9-26(18(13)25-24-15)12-7-19(3,28)8-12/h4-6,9,12,27-28H,7-8H2,1-3H3. The Morgan fingerprint density at radius 3 is 2.43 bits per heavy atom. The fourth-order valence-electron chi connectivity index (χ4n) is 4.02. The highest BCUT2D eigenvalue weighted by Crippen LogP contribution is 2.44. The first-order chi connectivity index (χ1) is 13.0. The van der Waals surface area contributed by atoms with Crippen molar-refractivity contribution in [2.45, 2.75) is 51.4 Å².